The van der Waals surface area contributed by atoms with Crippen LogP contribution in [0.5, 0.6) is 0 Å². The third kappa shape index (κ3) is 2.24. The Morgan fingerprint density at radius 3 is 2.47 bits per heavy atom. The summed E-state index contributed by atoms with van der Waals surface area (Å²) < 4.78 is 12.7. The largest absolute Gasteiger partial charge is 0.402 e. The van der Waals surface area contributed by atoms with Crippen LogP contribution in [0.3, 0.4) is 0 Å². The molecule has 0 amide bonds. The molecule has 0 fully saturated rings. The summed E-state index contributed by atoms with van der Waals surface area (Å²) in [7, 11) is 0. The lowest BCUT2D eigenvalue weighted by Crippen LogP contribution is -2.16. The summed E-state index contributed by atoms with van der Waals surface area (Å²) in [5.74, 6) is -0.111. The van der Waals surface area contributed by atoms with Crippen molar-refractivity contribution in [2.75, 3.05) is 0 Å². The Morgan fingerprint density at radius 1 is 1.20 bits per heavy atom. The first kappa shape index (κ1) is 9.90. The van der Waals surface area contributed by atoms with Crippen LogP contribution in [0, 0.1) is 5.82 Å². The average Bonchev–Trinajstić information content (AvgIpc) is 2.17. The lowest BCUT2D eigenvalue weighted by molar-refractivity contribution is -0.115. The second-order valence-corrected chi connectivity index (χ2v) is 3.84. The van der Waals surface area contributed by atoms with Gasteiger partial charge in [-0.05, 0) is 36.1 Å². The molecule has 0 spiro atoms. The predicted octanol–water partition coefficient (Wildman–Crippen LogP) is 2.11. The lowest BCUT2D eigenvalue weighted by Gasteiger charge is -2.20. The summed E-state index contributed by atoms with van der Waals surface area (Å²) in [6.07, 6.45) is 2.63. The first-order valence-electron chi connectivity index (χ1n) is 4.89. The van der Waals surface area contributed by atoms with E-state index < -0.39 is 0 Å². The highest BCUT2D eigenvalue weighted by atomic mass is 19.1. The molecule has 0 aliphatic heterocycles. The Labute approximate surface area is 87.6 Å². The van der Waals surface area contributed by atoms with Crippen LogP contribution in [-0.4, -0.2) is 5.78 Å². The number of nitrogens with two attached hydrogens (primary N) is 1. The molecule has 0 saturated carbocycles. The van der Waals surface area contributed by atoms with Gasteiger partial charge in [0.05, 0.1) is 0 Å². The van der Waals surface area contributed by atoms with Crippen LogP contribution in [-0.2, 0) is 4.79 Å². The zero-order valence-corrected chi connectivity index (χ0v) is 8.24. The normalized spacial score (nSPS) is 21.3. The molecule has 0 bridgehead atoms. The minimum atomic E-state index is -0.260. The van der Waals surface area contributed by atoms with Crippen molar-refractivity contribution in [3.63, 3.8) is 0 Å². The number of carbonyl (C=O) groups excluding carboxylic acids is 1. The van der Waals surface area contributed by atoms with E-state index in [1.165, 1.54) is 18.2 Å². The van der Waals surface area contributed by atoms with Crippen LogP contribution in [0.15, 0.2) is 36.0 Å². The zero-order valence-electron chi connectivity index (χ0n) is 8.24. The fraction of sp³-hybridized carbons (Fsp3) is 0.250. The maximum Gasteiger partial charge on any atom is 0.158 e. The molecule has 1 aliphatic carbocycles. The average molecular weight is 205 g/mol. The van der Waals surface area contributed by atoms with Gasteiger partial charge in [-0.15, -0.1) is 0 Å². The van der Waals surface area contributed by atoms with E-state index in [4.69, 9.17) is 5.73 Å². The molecule has 3 heteroatoms. The third-order valence-corrected chi connectivity index (χ3v) is 2.62. The van der Waals surface area contributed by atoms with Crippen LogP contribution in [0.2, 0.25) is 0 Å². The van der Waals surface area contributed by atoms with Crippen LogP contribution in [0.4, 0.5) is 4.39 Å². The molecule has 0 radical (unpaired) electrons. The topological polar surface area (TPSA) is 43.1 Å². The van der Waals surface area contributed by atoms with Crippen LogP contribution >= 0.6 is 0 Å². The molecular weight excluding hydrogens is 193 g/mol. The first-order chi connectivity index (χ1) is 7.15. The molecule has 1 aromatic rings. The van der Waals surface area contributed by atoms with E-state index in [0.29, 0.717) is 18.5 Å². The van der Waals surface area contributed by atoms with Gasteiger partial charge in [0.2, 0.25) is 0 Å². The summed E-state index contributed by atoms with van der Waals surface area (Å²) in [4.78, 5) is 11.3. The highest BCUT2D eigenvalue weighted by molar-refractivity contribution is 5.91. The standard InChI is InChI=1S/C12H12FNO/c13-10-3-1-8(2-4-10)9-5-11(14)7-12(15)6-9/h1-4,7,9H,5-6,14H2/t9-/m0/s1. The number of ketones is 1. The Hall–Kier alpha value is -1.64. The third-order valence-electron chi connectivity index (χ3n) is 2.62. The van der Waals surface area contributed by atoms with E-state index >= 15 is 0 Å². The van der Waals surface area contributed by atoms with Gasteiger partial charge in [0.15, 0.2) is 5.78 Å². The number of halogens is 1. The minimum absolute atomic E-state index is 0.0491. The number of carbonyl (C=O) groups is 1. The van der Waals surface area contributed by atoms with Crippen LogP contribution in [0.25, 0.3) is 0 Å². The summed E-state index contributed by atoms with van der Waals surface area (Å²) >= 11 is 0. The molecule has 2 nitrogen and oxygen atoms in total. The molecular formula is C12H12FNO. The molecule has 0 unspecified atom stereocenters. The molecule has 0 heterocycles. The minimum Gasteiger partial charge on any atom is -0.402 e. The molecule has 2 N–H and O–H groups in total. The van der Waals surface area contributed by atoms with E-state index in [1.54, 1.807) is 12.1 Å². The number of rotatable bonds is 1. The summed E-state index contributed by atoms with van der Waals surface area (Å²) in [6, 6.07) is 6.25. The second-order valence-electron chi connectivity index (χ2n) is 3.84. The Morgan fingerprint density at radius 2 is 1.87 bits per heavy atom. The Kier molecular flexibility index (Phi) is 2.54. The van der Waals surface area contributed by atoms with Crippen LogP contribution in [0.1, 0.15) is 24.3 Å². The van der Waals surface area contributed by atoms with Gasteiger partial charge in [0.1, 0.15) is 5.82 Å². The fourth-order valence-corrected chi connectivity index (χ4v) is 1.89. The van der Waals surface area contributed by atoms with Crippen LogP contribution < -0.4 is 5.73 Å². The van der Waals surface area contributed by atoms with Gasteiger partial charge >= 0.3 is 0 Å². The molecule has 1 aromatic carbocycles. The van der Waals surface area contributed by atoms with Crippen molar-refractivity contribution in [3.8, 4) is 0 Å². The molecule has 15 heavy (non-hydrogen) atoms. The van der Waals surface area contributed by atoms with E-state index in [0.717, 1.165) is 5.56 Å². The van der Waals surface area contributed by atoms with Crippen molar-refractivity contribution in [1.82, 2.24) is 0 Å². The smallest absolute Gasteiger partial charge is 0.158 e. The highest BCUT2D eigenvalue weighted by Gasteiger charge is 2.20. The van der Waals surface area contributed by atoms with E-state index in [1.807, 2.05) is 0 Å². The quantitative estimate of drug-likeness (QED) is 0.763. The Bertz CT molecular complexity index is 408. The lowest BCUT2D eigenvalue weighted by atomic mass is 9.86. The molecule has 0 saturated heterocycles. The zero-order chi connectivity index (χ0) is 10.8. The first-order valence-corrected chi connectivity index (χ1v) is 4.89. The van der Waals surface area contributed by atoms with Crippen molar-refractivity contribution in [2.24, 2.45) is 5.73 Å². The molecule has 0 aromatic heterocycles. The van der Waals surface area contributed by atoms with Crippen molar-refractivity contribution < 1.29 is 9.18 Å². The van der Waals surface area contributed by atoms with Gasteiger partial charge in [0, 0.05) is 12.1 Å². The van der Waals surface area contributed by atoms with Gasteiger partial charge in [-0.2, -0.15) is 0 Å². The van der Waals surface area contributed by atoms with E-state index in [2.05, 4.69) is 0 Å². The Balaban J connectivity index is 2.22. The monoisotopic (exact) mass is 205 g/mol. The molecule has 2 rings (SSSR count). The number of hydrogen-bond acceptors (Lipinski definition) is 2. The highest BCUT2D eigenvalue weighted by Crippen LogP contribution is 2.29. The van der Waals surface area contributed by atoms with Crippen molar-refractivity contribution in [1.29, 1.82) is 0 Å². The summed E-state index contributed by atoms with van der Waals surface area (Å²) in [5, 5.41) is 0. The molecule has 1 atom stereocenters. The van der Waals surface area contributed by atoms with Crippen molar-refractivity contribution in [2.45, 2.75) is 18.8 Å². The second kappa shape index (κ2) is 3.85. The maximum absolute atomic E-state index is 12.7. The summed E-state index contributed by atoms with van der Waals surface area (Å²) in [6.45, 7) is 0. The van der Waals surface area contributed by atoms with Crippen molar-refractivity contribution >= 4 is 5.78 Å². The number of benzene rings is 1. The number of allylic oxidation sites excluding steroid dienone is 2. The van der Waals surface area contributed by atoms with Crippen molar-refractivity contribution in [3.05, 3.63) is 47.4 Å². The van der Waals surface area contributed by atoms with E-state index in [-0.39, 0.29) is 17.5 Å². The predicted molar refractivity (Wildman–Crippen MR) is 55.7 cm³/mol. The van der Waals surface area contributed by atoms with Gasteiger partial charge in [-0.25, -0.2) is 4.39 Å². The summed E-state index contributed by atoms with van der Waals surface area (Å²) in [5.41, 5.74) is 7.23. The molecule has 1 aliphatic rings. The van der Waals surface area contributed by atoms with Gasteiger partial charge < -0.3 is 5.73 Å². The van der Waals surface area contributed by atoms with Gasteiger partial charge in [-0.3, -0.25) is 4.79 Å². The number of hydrogen-bond donors (Lipinski definition) is 1. The SMILES string of the molecule is NC1=CC(=O)C[C@@H](c2ccc(F)cc2)C1. The molecule has 78 valence electrons. The van der Waals surface area contributed by atoms with Gasteiger partial charge in [0.25, 0.3) is 0 Å². The fourth-order valence-electron chi connectivity index (χ4n) is 1.89. The van der Waals surface area contributed by atoms with Gasteiger partial charge in [-0.1, -0.05) is 12.1 Å². The maximum atomic E-state index is 12.7. The van der Waals surface area contributed by atoms with E-state index in [9.17, 15) is 9.18 Å².